The molecule has 0 fully saturated rings. The Balaban J connectivity index is 1.45. The van der Waals surface area contributed by atoms with Crippen molar-refractivity contribution in [3.05, 3.63) is 104 Å². The Hall–Kier alpha value is -3.26. The van der Waals surface area contributed by atoms with Crippen LogP contribution in [0.4, 0.5) is 0 Å². The van der Waals surface area contributed by atoms with Crippen molar-refractivity contribution in [2.75, 3.05) is 6.61 Å². The van der Waals surface area contributed by atoms with Gasteiger partial charge in [0.25, 0.3) is 5.91 Å². The van der Waals surface area contributed by atoms with Gasteiger partial charge in [-0.2, -0.15) is 0 Å². The van der Waals surface area contributed by atoms with E-state index in [-0.39, 0.29) is 36.5 Å². The molecule has 0 saturated carbocycles. The third-order valence-electron chi connectivity index (χ3n) is 5.08. The van der Waals surface area contributed by atoms with Gasteiger partial charge in [0.2, 0.25) is 5.43 Å². The second-order valence-corrected chi connectivity index (χ2v) is 9.06. The molecule has 1 amide bonds. The molecule has 6 nitrogen and oxygen atoms in total. The van der Waals surface area contributed by atoms with Crippen LogP contribution in [-0.4, -0.2) is 22.9 Å². The van der Waals surface area contributed by atoms with Crippen molar-refractivity contribution in [2.45, 2.75) is 13.2 Å². The van der Waals surface area contributed by atoms with Crippen LogP contribution in [0.25, 0.3) is 10.2 Å². The lowest BCUT2D eigenvalue weighted by Gasteiger charge is -2.07. The highest BCUT2D eigenvalue weighted by Gasteiger charge is 2.17. The number of ether oxygens (including phenoxy) is 1. The van der Waals surface area contributed by atoms with Crippen LogP contribution in [0.3, 0.4) is 0 Å². The van der Waals surface area contributed by atoms with Gasteiger partial charge >= 0.3 is 0 Å². The molecule has 0 aliphatic carbocycles. The summed E-state index contributed by atoms with van der Waals surface area (Å²) >= 11 is 7.29. The van der Waals surface area contributed by atoms with Crippen LogP contribution >= 0.6 is 22.9 Å². The highest BCUT2D eigenvalue weighted by atomic mass is 35.5. The predicted molar refractivity (Wildman–Crippen MR) is 130 cm³/mol. The third-order valence-corrected chi connectivity index (χ3v) is 6.53. The normalized spacial score (nSPS) is 11.0. The molecule has 4 rings (SSSR count). The number of hydrogen-bond acceptors (Lipinski definition) is 5. The molecule has 0 bridgehead atoms. The van der Waals surface area contributed by atoms with Crippen LogP contribution in [0.2, 0.25) is 5.02 Å². The molecule has 0 atom stereocenters. The van der Waals surface area contributed by atoms with Crippen molar-refractivity contribution < 1.29 is 14.3 Å². The molecule has 0 radical (unpaired) electrons. The van der Waals surface area contributed by atoms with Crippen molar-refractivity contribution in [3.63, 3.8) is 0 Å². The van der Waals surface area contributed by atoms with Gasteiger partial charge in [-0.15, -0.1) is 11.3 Å². The first-order valence-electron chi connectivity index (χ1n) is 10.2. The van der Waals surface area contributed by atoms with Gasteiger partial charge in [-0.05, 0) is 23.8 Å². The number of fused-ring (bicyclic) bond motifs is 1. The molecule has 2 aromatic heterocycles. The number of nitrogens with zero attached hydrogens (tertiary/aromatic N) is 1. The zero-order valence-corrected chi connectivity index (χ0v) is 19.4. The number of rotatable bonds is 8. The summed E-state index contributed by atoms with van der Waals surface area (Å²) in [6.07, 6.45) is 1.54. The average molecular weight is 481 g/mol. The number of ketones is 1. The number of aromatic nitrogens is 1. The molecule has 0 unspecified atom stereocenters. The molecular formula is C25H21ClN2O4S. The number of carbonyl (C=O) groups excluding carboxylic acids is 2. The monoisotopic (exact) mass is 480 g/mol. The number of amides is 1. The van der Waals surface area contributed by atoms with Crippen LogP contribution in [-0.2, 0) is 24.9 Å². The largest absolute Gasteiger partial charge is 0.368 e. The van der Waals surface area contributed by atoms with Crippen LogP contribution in [0.15, 0.2) is 71.7 Å². The minimum absolute atomic E-state index is 0.0486. The molecule has 0 aliphatic rings. The molecule has 2 aromatic carbocycles. The fourth-order valence-electron chi connectivity index (χ4n) is 3.38. The lowest BCUT2D eigenvalue weighted by atomic mass is 10.1. The quantitative estimate of drug-likeness (QED) is 0.374. The first-order chi connectivity index (χ1) is 15.9. The van der Waals surface area contributed by atoms with Gasteiger partial charge in [0.1, 0.15) is 17.0 Å². The summed E-state index contributed by atoms with van der Waals surface area (Å²) in [4.78, 5) is 39.4. The third kappa shape index (κ3) is 5.39. The Kier molecular flexibility index (Phi) is 7.03. The fraction of sp³-hybridized carbons (Fsp3) is 0.160. The van der Waals surface area contributed by atoms with Gasteiger partial charge in [0, 0.05) is 35.3 Å². The van der Waals surface area contributed by atoms with E-state index in [2.05, 4.69) is 5.32 Å². The van der Waals surface area contributed by atoms with E-state index in [1.165, 1.54) is 11.3 Å². The van der Waals surface area contributed by atoms with Crippen molar-refractivity contribution in [2.24, 2.45) is 7.05 Å². The summed E-state index contributed by atoms with van der Waals surface area (Å²) < 4.78 is 7.34. The second kappa shape index (κ2) is 10.1. The van der Waals surface area contributed by atoms with Crippen molar-refractivity contribution >= 4 is 44.8 Å². The van der Waals surface area contributed by atoms with E-state index in [1.54, 1.807) is 60.3 Å². The van der Waals surface area contributed by atoms with Crippen molar-refractivity contribution in [1.82, 2.24) is 9.88 Å². The summed E-state index contributed by atoms with van der Waals surface area (Å²) in [5.41, 5.74) is 1.21. The Morgan fingerprint density at radius 3 is 2.55 bits per heavy atom. The summed E-state index contributed by atoms with van der Waals surface area (Å²) in [5, 5.41) is 3.85. The number of carbonyl (C=O) groups is 2. The Labute approximate surface area is 199 Å². The maximum atomic E-state index is 13.0. The molecule has 0 saturated heterocycles. The molecule has 2 heterocycles. The molecular weight excluding hydrogens is 460 g/mol. The first-order valence-corrected chi connectivity index (χ1v) is 11.4. The number of nitrogens with one attached hydrogen (secondary N) is 1. The van der Waals surface area contributed by atoms with E-state index in [4.69, 9.17) is 16.3 Å². The molecule has 33 heavy (non-hydrogen) atoms. The average Bonchev–Trinajstić information content (AvgIpc) is 3.26. The number of Topliss-reactive ketones (excluding diaryl/α,β-unsaturated/α-hetero) is 1. The Morgan fingerprint density at radius 2 is 1.82 bits per heavy atom. The number of aryl methyl sites for hydroxylation is 1. The minimum Gasteiger partial charge on any atom is -0.368 e. The van der Waals surface area contributed by atoms with Crippen LogP contribution in [0, 0.1) is 0 Å². The lowest BCUT2D eigenvalue weighted by Crippen LogP contribution is -2.29. The minimum atomic E-state index is -0.440. The lowest BCUT2D eigenvalue weighted by molar-refractivity contribution is 0.0731. The van der Waals surface area contributed by atoms with Gasteiger partial charge in [-0.25, -0.2) is 0 Å². The highest BCUT2D eigenvalue weighted by Crippen LogP contribution is 2.24. The van der Waals surface area contributed by atoms with E-state index >= 15 is 0 Å². The van der Waals surface area contributed by atoms with Gasteiger partial charge < -0.3 is 14.6 Å². The second-order valence-electron chi connectivity index (χ2n) is 7.51. The van der Waals surface area contributed by atoms with Gasteiger partial charge in [-0.1, -0.05) is 54.1 Å². The molecule has 1 N–H and O–H groups in total. The Morgan fingerprint density at radius 1 is 1.09 bits per heavy atom. The smallest absolute Gasteiger partial charge is 0.257 e. The molecule has 0 spiro atoms. The topological polar surface area (TPSA) is 77.4 Å². The van der Waals surface area contributed by atoms with E-state index in [0.29, 0.717) is 16.0 Å². The number of halogens is 1. The SMILES string of the molecule is Cn1cc(C(=O)NCc2ccc(Cl)cc2)c(=O)c2cc(COCC(=O)c3ccccc3)sc21. The van der Waals surface area contributed by atoms with E-state index in [9.17, 15) is 14.4 Å². The molecule has 4 aromatic rings. The van der Waals surface area contributed by atoms with E-state index < -0.39 is 5.91 Å². The maximum Gasteiger partial charge on any atom is 0.257 e. The Bertz CT molecular complexity index is 1360. The fourth-order valence-corrected chi connectivity index (χ4v) is 4.53. The first kappa shape index (κ1) is 22.9. The summed E-state index contributed by atoms with van der Waals surface area (Å²) in [5.74, 6) is -0.545. The zero-order valence-electron chi connectivity index (χ0n) is 17.8. The number of benzene rings is 2. The number of pyridine rings is 1. The van der Waals surface area contributed by atoms with Crippen LogP contribution in [0.1, 0.15) is 31.2 Å². The summed E-state index contributed by atoms with van der Waals surface area (Å²) in [7, 11) is 1.79. The summed E-state index contributed by atoms with van der Waals surface area (Å²) in [6.45, 7) is 0.442. The summed E-state index contributed by atoms with van der Waals surface area (Å²) in [6, 6.07) is 17.8. The highest BCUT2D eigenvalue weighted by molar-refractivity contribution is 7.18. The van der Waals surface area contributed by atoms with Crippen molar-refractivity contribution in [3.8, 4) is 0 Å². The number of hydrogen-bond donors (Lipinski definition) is 1. The zero-order chi connectivity index (χ0) is 23.4. The van der Waals surface area contributed by atoms with E-state index in [0.717, 1.165) is 15.3 Å². The molecule has 168 valence electrons. The van der Waals surface area contributed by atoms with E-state index in [1.807, 2.05) is 18.2 Å². The molecule has 0 aliphatic heterocycles. The predicted octanol–water partition coefficient (Wildman–Crippen LogP) is 4.58. The van der Waals surface area contributed by atoms with Gasteiger partial charge in [0.15, 0.2) is 5.78 Å². The standard InChI is InChI=1S/C25H21ClN2O4S/c1-28-13-21(24(31)27-12-16-7-9-18(26)10-8-16)23(30)20-11-19(33-25(20)28)14-32-15-22(29)17-5-3-2-4-6-17/h2-11,13H,12,14-15H2,1H3,(H,27,31). The van der Waals surface area contributed by atoms with Crippen LogP contribution in [0.5, 0.6) is 0 Å². The molecule has 8 heteroatoms. The van der Waals surface area contributed by atoms with Gasteiger partial charge in [0.05, 0.1) is 12.0 Å². The van der Waals surface area contributed by atoms with Crippen LogP contribution < -0.4 is 10.7 Å². The van der Waals surface area contributed by atoms with Crippen molar-refractivity contribution in [1.29, 1.82) is 0 Å². The van der Waals surface area contributed by atoms with Gasteiger partial charge in [-0.3, -0.25) is 14.4 Å². The number of thiophene rings is 1. The maximum absolute atomic E-state index is 13.0.